The summed E-state index contributed by atoms with van der Waals surface area (Å²) in [4.78, 5) is 35.6. The number of benzene rings is 2. The van der Waals surface area contributed by atoms with Crippen LogP contribution in [0, 0.1) is 5.92 Å². The first kappa shape index (κ1) is 20.2. The van der Waals surface area contributed by atoms with Gasteiger partial charge >= 0.3 is 0 Å². The van der Waals surface area contributed by atoms with E-state index in [9.17, 15) is 14.4 Å². The first-order valence-electron chi connectivity index (χ1n) is 8.92. The molecule has 0 saturated carbocycles. The van der Waals surface area contributed by atoms with Crippen LogP contribution in [-0.4, -0.2) is 24.3 Å². The molecule has 2 aromatic rings. The van der Waals surface area contributed by atoms with Gasteiger partial charge in [0.1, 0.15) is 0 Å². The van der Waals surface area contributed by atoms with Gasteiger partial charge < -0.3 is 16.0 Å². The number of carbonyl (C=O) groups excluding carboxylic acids is 3. The molecule has 0 aliphatic carbocycles. The number of nitrogens with one attached hydrogen (secondary N) is 3. The Hall–Kier alpha value is -3.15. The lowest BCUT2D eigenvalue weighted by Crippen LogP contribution is -2.25. The fourth-order valence-corrected chi connectivity index (χ4v) is 2.43. The highest BCUT2D eigenvalue weighted by atomic mass is 16.2. The van der Waals surface area contributed by atoms with E-state index in [1.54, 1.807) is 48.5 Å². The molecule has 0 aliphatic rings. The Labute approximate surface area is 159 Å². The van der Waals surface area contributed by atoms with Gasteiger partial charge in [0.05, 0.1) is 0 Å². The minimum absolute atomic E-state index is 0.148. The largest absolute Gasteiger partial charge is 0.352 e. The number of rotatable bonds is 7. The maximum atomic E-state index is 12.4. The van der Waals surface area contributed by atoms with Gasteiger partial charge in [0.2, 0.25) is 5.91 Å². The first-order chi connectivity index (χ1) is 12.8. The van der Waals surface area contributed by atoms with Gasteiger partial charge in [-0.25, -0.2) is 0 Å². The molecule has 3 amide bonds. The van der Waals surface area contributed by atoms with E-state index in [-0.39, 0.29) is 17.7 Å². The maximum absolute atomic E-state index is 12.4. The third-order valence-electron chi connectivity index (χ3n) is 3.86. The summed E-state index contributed by atoms with van der Waals surface area (Å²) >= 11 is 0. The number of hydrogen-bond donors (Lipinski definition) is 3. The molecule has 0 atom stereocenters. The van der Waals surface area contributed by atoms with E-state index in [0.717, 1.165) is 6.42 Å². The summed E-state index contributed by atoms with van der Waals surface area (Å²) in [7, 11) is 0. The summed E-state index contributed by atoms with van der Waals surface area (Å²) in [5, 5.41) is 8.31. The van der Waals surface area contributed by atoms with Crippen molar-refractivity contribution in [2.24, 2.45) is 5.92 Å². The summed E-state index contributed by atoms with van der Waals surface area (Å²) in [5.41, 5.74) is 2.14. The van der Waals surface area contributed by atoms with Crippen molar-refractivity contribution in [1.82, 2.24) is 5.32 Å². The van der Waals surface area contributed by atoms with Crippen molar-refractivity contribution in [3.63, 3.8) is 0 Å². The van der Waals surface area contributed by atoms with Gasteiger partial charge in [-0.2, -0.15) is 0 Å². The molecule has 0 unspecified atom stereocenters. The van der Waals surface area contributed by atoms with Crippen LogP contribution in [0.25, 0.3) is 0 Å². The predicted molar refractivity (Wildman–Crippen MR) is 107 cm³/mol. The van der Waals surface area contributed by atoms with Crippen molar-refractivity contribution in [3.8, 4) is 0 Å². The van der Waals surface area contributed by atoms with Crippen molar-refractivity contribution < 1.29 is 14.4 Å². The minimum Gasteiger partial charge on any atom is -0.352 e. The SMILES string of the molecule is CC(=O)Nc1cccc(NC(=O)c2ccc(C(=O)NCCC(C)C)cc2)c1. The molecule has 0 heterocycles. The molecule has 0 radical (unpaired) electrons. The second kappa shape index (κ2) is 9.52. The lowest BCUT2D eigenvalue weighted by atomic mass is 10.1. The third kappa shape index (κ3) is 6.58. The van der Waals surface area contributed by atoms with Crippen LogP contribution >= 0.6 is 0 Å². The Morgan fingerprint density at radius 3 is 1.96 bits per heavy atom. The molecule has 2 aromatic carbocycles. The van der Waals surface area contributed by atoms with Gasteiger partial charge in [-0.15, -0.1) is 0 Å². The van der Waals surface area contributed by atoms with Gasteiger partial charge in [0.25, 0.3) is 11.8 Å². The molecule has 27 heavy (non-hydrogen) atoms. The normalized spacial score (nSPS) is 10.4. The van der Waals surface area contributed by atoms with E-state index >= 15 is 0 Å². The van der Waals surface area contributed by atoms with Gasteiger partial charge in [0.15, 0.2) is 0 Å². The molecule has 0 bridgehead atoms. The third-order valence-corrected chi connectivity index (χ3v) is 3.86. The Morgan fingerprint density at radius 2 is 1.41 bits per heavy atom. The summed E-state index contributed by atoms with van der Waals surface area (Å²) < 4.78 is 0. The highest BCUT2D eigenvalue weighted by molar-refractivity contribution is 6.05. The molecule has 0 fully saturated rings. The second-order valence-electron chi connectivity index (χ2n) is 6.73. The van der Waals surface area contributed by atoms with E-state index < -0.39 is 0 Å². The van der Waals surface area contributed by atoms with Gasteiger partial charge in [0, 0.05) is 36.0 Å². The predicted octanol–water partition coefficient (Wildman–Crippen LogP) is 3.67. The molecule has 6 nitrogen and oxygen atoms in total. The van der Waals surface area contributed by atoms with Crippen molar-refractivity contribution >= 4 is 29.1 Å². The van der Waals surface area contributed by atoms with Crippen molar-refractivity contribution in [3.05, 3.63) is 59.7 Å². The zero-order valence-corrected chi connectivity index (χ0v) is 15.8. The minimum atomic E-state index is -0.290. The summed E-state index contributed by atoms with van der Waals surface area (Å²) in [6, 6.07) is 13.4. The van der Waals surface area contributed by atoms with Crippen LogP contribution in [0.3, 0.4) is 0 Å². The fourth-order valence-electron chi connectivity index (χ4n) is 2.43. The molecular formula is C21H25N3O3. The number of hydrogen-bond acceptors (Lipinski definition) is 3. The molecule has 2 rings (SSSR count). The van der Waals surface area contributed by atoms with Crippen molar-refractivity contribution in [1.29, 1.82) is 0 Å². The van der Waals surface area contributed by atoms with E-state index in [0.29, 0.717) is 35.0 Å². The standard InChI is InChI=1S/C21H25N3O3/c1-14(2)11-12-22-20(26)16-7-9-17(10-8-16)21(27)24-19-6-4-5-18(13-19)23-15(3)25/h4-10,13-14H,11-12H2,1-3H3,(H,22,26)(H,23,25)(H,24,27). The van der Waals surface area contributed by atoms with Crippen LogP contribution in [0.15, 0.2) is 48.5 Å². The molecule has 0 spiro atoms. The Morgan fingerprint density at radius 1 is 0.852 bits per heavy atom. The maximum Gasteiger partial charge on any atom is 0.255 e. The number of anilines is 2. The highest BCUT2D eigenvalue weighted by Gasteiger charge is 2.10. The smallest absolute Gasteiger partial charge is 0.255 e. The zero-order chi connectivity index (χ0) is 19.8. The zero-order valence-electron chi connectivity index (χ0n) is 15.8. The molecule has 3 N–H and O–H groups in total. The van der Waals surface area contributed by atoms with Crippen molar-refractivity contribution in [2.45, 2.75) is 27.2 Å². The Bertz CT molecular complexity index is 814. The van der Waals surface area contributed by atoms with E-state index in [1.807, 2.05) is 0 Å². The fraction of sp³-hybridized carbons (Fsp3) is 0.286. The van der Waals surface area contributed by atoms with Crippen LogP contribution in [0.4, 0.5) is 11.4 Å². The molecular weight excluding hydrogens is 342 g/mol. The number of carbonyl (C=O) groups is 3. The molecule has 6 heteroatoms. The van der Waals surface area contributed by atoms with Gasteiger partial charge in [-0.05, 0) is 54.8 Å². The Balaban J connectivity index is 1.97. The topological polar surface area (TPSA) is 87.3 Å². The van der Waals surface area contributed by atoms with Crippen LogP contribution in [0.2, 0.25) is 0 Å². The molecule has 0 aromatic heterocycles. The highest BCUT2D eigenvalue weighted by Crippen LogP contribution is 2.16. The Kier molecular flexibility index (Phi) is 7.11. The van der Waals surface area contributed by atoms with Crippen molar-refractivity contribution in [2.75, 3.05) is 17.2 Å². The summed E-state index contributed by atoms with van der Waals surface area (Å²) in [6.45, 7) is 6.26. The van der Waals surface area contributed by atoms with Gasteiger partial charge in [-0.1, -0.05) is 19.9 Å². The molecule has 0 saturated heterocycles. The monoisotopic (exact) mass is 367 g/mol. The van der Waals surface area contributed by atoms with Crippen LogP contribution in [-0.2, 0) is 4.79 Å². The summed E-state index contributed by atoms with van der Waals surface area (Å²) in [6.07, 6.45) is 0.920. The van der Waals surface area contributed by atoms with E-state index in [1.165, 1.54) is 6.92 Å². The lowest BCUT2D eigenvalue weighted by Gasteiger charge is -2.09. The quantitative estimate of drug-likeness (QED) is 0.698. The molecule has 142 valence electrons. The van der Waals surface area contributed by atoms with E-state index in [2.05, 4.69) is 29.8 Å². The van der Waals surface area contributed by atoms with Crippen LogP contribution in [0.1, 0.15) is 47.9 Å². The average Bonchev–Trinajstić information content (AvgIpc) is 2.61. The van der Waals surface area contributed by atoms with E-state index in [4.69, 9.17) is 0 Å². The second-order valence-corrected chi connectivity index (χ2v) is 6.73. The summed E-state index contributed by atoms with van der Waals surface area (Å²) in [5.74, 6) is -0.0892. The van der Waals surface area contributed by atoms with Crippen LogP contribution in [0.5, 0.6) is 0 Å². The van der Waals surface area contributed by atoms with Gasteiger partial charge in [-0.3, -0.25) is 14.4 Å². The number of amides is 3. The van der Waals surface area contributed by atoms with Crippen LogP contribution < -0.4 is 16.0 Å². The first-order valence-corrected chi connectivity index (χ1v) is 8.92. The molecule has 0 aliphatic heterocycles. The average molecular weight is 367 g/mol. The lowest BCUT2D eigenvalue weighted by molar-refractivity contribution is -0.114.